The van der Waals surface area contributed by atoms with Crippen LogP contribution in [0.25, 0.3) is 11.3 Å². The van der Waals surface area contributed by atoms with Crippen molar-refractivity contribution in [1.82, 2.24) is 9.97 Å². The highest BCUT2D eigenvalue weighted by Gasteiger charge is 2.09. The molecule has 0 aliphatic rings. The van der Waals surface area contributed by atoms with Crippen LogP contribution in [0.2, 0.25) is 0 Å². The molecule has 2 rings (SSSR count). The molecule has 0 radical (unpaired) electrons. The van der Waals surface area contributed by atoms with Crippen molar-refractivity contribution in [2.45, 2.75) is 26.8 Å². The third-order valence-corrected chi connectivity index (χ3v) is 3.04. The zero-order valence-electron chi connectivity index (χ0n) is 11.8. The minimum absolute atomic E-state index is 0.166. The Balaban J connectivity index is 2.50. The molecule has 4 heteroatoms. The number of methoxy groups -OCH3 is 1. The SMILES string of the molecule is COc1c(C)cc(-c2ccnc(C(C)N)n2)cc1C. The van der Waals surface area contributed by atoms with Crippen LogP contribution in [0, 0.1) is 13.8 Å². The molecule has 0 saturated carbocycles. The van der Waals surface area contributed by atoms with Gasteiger partial charge in [-0.15, -0.1) is 0 Å². The zero-order valence-corrected chi connectivity index (χ0v) is 11.8. The maximum atomic E-state index is 5.82. The van der Waals surface area contributed by atoms with Gasteiger partial charge in [0.1, 0.15) is 11.6 Å². The lowest BCUT2D eigenvalue weighted by Gasteiger charge is -2.12. The van der Waals surface area contributed by atoms with E-state index in [1.165, 1.54) is 0 Å². The normalized spacial score (nSPS) is 12.3. The first-order valence-corrected chi connectivity index (χ1v) is 6.27. The Morgan fingerprint density at radius 2 is 1.84 bits per heavy atom. The minimum Gasteiger partial charge on any atom is -0.496 e. The summed E-state index contributed by atoms with van der Waals surface area (Å²) < 4.78 is 5.38. The summed E-state index contributed by atoms with van der Waals surface area (Å²) in [5.74, 6) is 1.58. The Kier molecular flexibility index (Phi) is 3.81. The Hall–Kier alpha value is -1.94. The zero-order chi connectivity index (χ0) is 14.0. The summed E-state index contributed by atoms with van der Waals surface area (Å²) in [7, 11) is 1.69. The van der Waals surface area contributed by atoms with E-state index >= 15 is 0 Å². The van der Waals surface area contributed by atoms with Crippen molar-refractivity contribution in [2.75, 3.05) is 7.11 Å². The molecule has 0 aliphatic heterocycles. The molecule has 2 N–H and O–H groups in total. The first kappa shape index (κ1) is 13.5. The Labute approximate surface area is 113 Å². The minimum atomic E-state index is -0.166. The van der Waals surface area contributed by atoms with Crippen LogP contribution in [0.3, 0.4) is 0 Å². The number of aryl methyl sites for hydroxylation is 2. The van der Waals surface area contributed by atoms with Gasteiger partial charge in [0.05, 0.1) is 18.8 Å². The highest BCUT2D eigenvalue weighted by atomic mass is 16.5. The van der Waals surface area contributed by atoms with E-state index in [-0.39, 0.29) is 6.04 Å². The van der Waals surface area contributed by atoms with E-state index in [0.29, 0.717) is 5.82 Å². The monoisotopic (exact) mass is 257 g/mol. The van der Waals surface area contributed by atoms with Crippen LogP contribution < -0.4 is 10.5 Å². The first-order valence-electron chi connectivity index (χ1n) is 6.27. The van der Waals surface area contributed by atoms with Crippen LogP contribution in [0.1, 0.15) is 29.9 Å². The molecule has 4 nitrogen and oxygen atoms in total. The molecular formula is C15H19N3O. The van der Waals surface area contributed by atoms with Crippen molar-refractivity contribution < 1.29 is 4.74 Å². The molecule has 0 amide bonds. The summed E-state index contributed by atoms with van der Waals surface area (Å²) in [6.45, 7) is 5.94. The van der Waals surface area contributed by atoms with Crippen LogP contribution in [-0.4, -0.2) is 17.1 Å². The van der Waals surface area contributed by atoms with Gasteiger partial charge < -0.3 is 10.5 Å². The predicted molar refractivity (Wildman–Crippen MR) is 76.1 cm³/mol. The van der Waals surface area contributed by atoms with Crippen LogP contribution >= 0.6 is 0 Å². The lowest BCUT2D eigenvalue weighted by Crippen LogP contribution is -2.10. The summed E-state index contributed by atoms with van der Waals surface area (Å²) >= 11 is 0. The molecule has 0 fully saturated rings. The maximum Gasteiger partial charge on any atom is 0.145 e. The van der Waals surface area contributed by atoms with Gasteiger partial charge in [0, 0.05) is 11.8 Å². The summed E-state index contributed by atoms with van der Waals surface area (Å²) in [6, 6.07) is 5.87. The Morgan fingerprint density at radius 3 is 2.37 bits per heavy atom. The average molecular weight is 257 g/mol. The van der Waals surface area contributed by atoms with Gasteiger partial charge in [-0.05, 0) is 50.1 Å². The van der Waals surface area contributed by atoms with Gasteiger partial charge in [0.2, 0.25) is 0 Å². The van der Waals surface area contributed by atoms with Crippen molar-refractivity contribution >= 4 is 0 Å². The fourth-order valence-corrected chi connectivity index (χ4v) is 2.17. The molecule has 2 aromatic rings. The van der Waals surface area contributed by atoms with Gasteiger partial charge in [-0.1, -0.05) is 0 Å². The van der Waals surface area contributed by atoms with Gasteiger partial charge in [-0.2, -0.15) is 0 Å². The first-order chi connectivity index (χ1) is 9.02. The molecule has 1 aromatic carbocycles. The van der Waals surface area contributed by atoms with Gasteiger partial charge in [0.15, 0.2) is 0 Å². The predicted octanol–water partition coefficient (Wildman–Crippen LogP) is 2.79. The van der Waals surface area contributed by atoms with E-state index in [0.717, 1.165) is 28.1 Å². The standard InChI is InChI=1S/C15H19N3O/c1-9-7-12(8-10(2)14(9)19-4)13-5-6-17-15(18-13)11(3)16/h5-8,11H,16H2,1-4H3. The van der Waals surface area contributed by atoms with E-state index in [2.05, 4.69) is 22.1 Å². The Morgan fingerprint density at radius 1 is 1.21 bits per heavy atom. The molecule has 0 aliphatic carbocycles. The van der Waals surface area contributed by atoms with Gasteiger partial charge in [0.25, 0.3) is 0 Å². The summed E-state index contributed by atoms with van der Waals surface area (Å²) in [4.78, 5) is 8.69. The number of nitrogens with zero attached hydrogens (tertiary/aromatic N) is 2. The molecule has 0 saturated heterocycles. The van der Waals surface area contributed by atoms with Crippen molar-refractivity contribution in [3.8, 4) is 17.0 Å². The topological polar surface area (TPSA) is 61.0 Å². The number of rotatable bonds is 3. The van der Waals surface area contributed by atoms with Gasteiger partial charge >= 0.3 is 0 Å². The highest BCUT2D eigenvalue weighted by Crippen LogP contribution is 2.29. The van der Waals surface area contributed by atoms with Crippen LogP contribution in [-0.2, 0) is 0 Å². The number of ether oxygens (including phenoxy) is 1. The fraction of sp³-hybridized carbons (Fsp3) is 0.333. The lowest BCUT2D eigenvalue weighted by molar-refractivity contribution is 0.408. The largest absolute Gasteiger partial charge is 0.496 e. The van der Waals surface area contributed by atoms with E-state index in [1.807, 2.05) is 26.8 Å². The second-order valence-corrected chi connectivity index (χ2v) is 4.73. The highest BCUT2D eigenvalue weighted by molar-refractivity contribution is 5.64. The maximum absolute atomic E-state index is 5.82. The molecule has 0 spiro atoms. The molecule has 19 heavy (non-hydrogen) atoms. The van der Waals surface area contributed by atoms with Crippen LogP contribution in [0.15, 0.2) is 24.4 Å². The molecule has 1 heterocycles. The van der Waals surface area contributed by atoms with Crippen LogP contribution in [0.5, 0.6) is 5.75 Å². The molecule has 1 atom stereocenters. The second-order valence-electron chi connectivity index (χ2n) is 4.73. The third kappa shape index (κ3) is 2.74. The summed E-state index contributed by atoms with van der Waals surface area (Å²) in [6.07, 6.45) is 1.75. The second kappa shape index (κ2) is 5.36. The summed E-state index contributed by atoms with van der Waals surface area (Å²) in [5.41, 5.74) is 9.95. The lowest BCUT2D eigenvalue weighted by atomic mass is 10.0. The van der Waals surface area contributed by atoms with Crippen molar-refractivity contribution in [1.29, 1.82) is 0 Å². The summed E-state index contributed by atoms with van der Waals surface area (Å²) in [5, 5.41) is 0. The number of benzene rings is 1. The molecule has 100 valence electrons. The Bertz CT molecular complexity index is 571. The molecule has 0 bridgehead atoms. The number of aromatic nitrogens is 2. The van der Waals surface area contributed by atoms with E-state index in [9.17, 15) is 0 Å². The van der Waals surface area contributed by atoms with Gasteiger partial charge in [-0.25, -0.2) is 9.97 Å². The van der Waals surface area contributed by atoms with E-state index < -0.39 is 0 Å². The van der Waals surface area contributed by atoms with Crippen molar-refractivity contribution in [3.05, 3.63) is 41.3 Å². The smallest absolute Gasteiger partial charge is 0.145 e. The van der Waals surface area contributed by atoms with Gasteiger partial charge in [-0.3, -0.25) is 0 Å². The van der Waals surface area contributed by atoms with Crippen LogP contribution in [0.4, 0.5) is 0 Å². The number of hydrogen-bond acceptors (Lipinski definition) is 4. The molecule has 1 unspecified atom stereocenters. The number of hydrogen-bond donors (Lipinski definition) is 1. The number of nitrogens with two attached hydrogens (primary N) is 1. The quantitative estimate of drug-likeness (QED) is 0.918. The van der Waals surface area contributed by atoms with Crippen molar-refractivity contribution in [3.63, 3.8) is 0 Å². The van der Waals surface area contributed by atoms with Crippen molar-refractivity contribution in [2.24, 2.45) is 5.73 Å². The average Bonchev–Trinajstić information content (AvgIpc) is 2.38. The molecular weight excluding hydrogens is 238 g/mol. The van der Waals surface area contributed by atoms with E-state index in [1.54, 1.807) is 13.3 Å². The van der Waals surface area contributed by atoms with E-state index in [4.69, 9.17) is 10.5 Å². The molecule has 1 aromatic heterocycles. The third-order valence-electron chi connectivity index (χ3n) is 3.04. The fourth-order valence-electron chi connectivity index (χ4n) is 2.17.